The summed E-state index contributed by atoms with van der Waals surface area (Å²) in [5.41, 5.74) is 0. The van der Waals surface area contributed by atoms with E-state index in [1.807, 2.05) is 0 Å². The minimum Gasteiger partial charge on any atom is -0.481 e. The molecule has 0 aromatic heterocycles. The lowest BCUT2D eigenvalue weighted by molar-refractivity contribution is -0.146. The Balaban J connectivity index is 1.64. The average molecular weight is 269 g/mol. The second kappa shape index (κ2) is 6.89. The molecule has 2 aliphatic rings. The van der Waals surface area contributed by atoms with Crippen LogP contribution in [-0.2, 0) is 14.3 Å². The van der Waals surface area contributed by atoms with Crippen molar-refractivity contribution in [3.05, 3.63) is 0 Å². The van der Waals surface area contributed by atoms with Crippen molar-refractivity contribution >= 4 is 11.9 Å². The van der Waals surface area contributed by atoms with Crippen LogP contribution in [0.1, 0.15) is 44.9 Å². The van der Waals surface area contributed by atoms with E-state index in [0.717, 1.165) is 19.3 Å². The molecule has 108 valence electrons. The van der Waals surface area contributed by atoms with Gasteiger partial charge in [-0.1, -0.05) is 19.3 Å². The van der Waals surface area contributed by atoms with Gasteiger partial charge in [-0.05, 0) is 25.7 Å². The molecular weight excluding hydrogens is 246 g/mol. The van der Waals surface area contributed by atoms with Crippen molar-refractivity contribution in [3.8, 4) is 0 Å². The molecule has 1 amide bonds. The molecule has 19 heavy (non-hydrogen) atoms. The first-order valence-corrected chi connectivity index (χ1v) is 7.30. The monoisotopic (exact) mass is 269 g/mol. The number of nitrogens with one attached hydrogen (secondary N) is 1. The molecule has 2 fully saturated rings. The molecule has 0 spiro atoms. The van der Waals surface area contributed by atoms with Crippen LogP contribution in [0.4, 0.5) is 0 Å². The maximum atomic E-state index is 11.9. The maximum absolute atomic E-state index is 11.9. The number of aliphatic carboxylic acids is 1. The van der Waals surface area contributed by atoms with Crippen LogP contribution in [0.15, 0.2) is 0 Å². The largest absolute Gasteiger partial charge is 0.481 e. The van der Waals surface area contributed by atoms with Crippen molar-refractivity contribution < 1.29 is 19.4 Å². The second-order valence-electron chi connectivity index (χ2n) is 5.55. The van der Waals surface area contributed by atoms with Crippen LogP contribution in [0.5, 0.6) is 0 Å². The van der Waals surface area contributed by atoms with Crippen LogP contribution in [0.2, 0.25) is 0 Å². The molecule has 5 heteroatoms. The van der Waals surface area contributed by atoms with Gasteiger partial charge in [0.15, 0.2) is 0 Å². The average Bonchev–Trinajstić information content (AvgIpc) is 3.04. The molecule has 0 bridgehead atoms. The van der Waals surface area contributed by atoms with E-state index >= 15 is 0 Å². The van der Waals surface area contributed by atoms with Crippen molar-refractivity contribution in [2.75, 3.05) is 13.2 Å². The number of hydrogen-bond donors (Lipinski definition) is 2. The first kappa shape index (κ1) is 14.3. The predicted molar refractivity (Wildman–Crippen MR) is 69.7 cm³/mol. The number of rotatable bonds is 6. The van der Waals surface area contributed by atoms with Crippen LogP contribution in [0.3, 0.4) is 0 Å². The summed E-state index contributed by atoms with van der Waals surface area (Å²) in [6.45, 7) is 1.01. The summed E-state index contributed by atoms with van der Waals surface area (Å²) in [6.07, 6.45) is 7.20. The normalized spacial score (nSPS) is 27.6. The number of carboxylic acids is 1. The molecular formula is C14H23NO4. The van der Waals surface area contributed by atoms with Gasteiger partial charge in [-0.3, -0.25) is 9.59 Å². The molecule has 5 nitrogen and oxygen atoms in total. The van der Waals surface area contributed by atoms with Gasteiger partial charge in [-0.15, -0.1) is 0 Å². The Morgan fingerprint density at radius 3 is 2.42 bits per heavy atom. The highest BCUT2D eigenvalue weighted by Crippen LogP contribution is 2.31. The fraction of sp³-hybridized carbons (Fsp3) is 0.857. The van der Waals surface area contributed by atoms with Crippen LogP contribution >= 0.6 is 0 Å². The van der Waals surface area contributed by atoms with Gasteiger partial charge in [0.2, 0.25) is 5.91 Å². The van der Waals surface area contributed by atoms with Gasteiger partial charge in [0.25, 0.3) is 0 Å². The Labute approximate surface area is 113 Å². The van der Waals surface area contributed by atoms with Crippen molar-refractivity contribution in [1.82, 2.24) is 5.32 Å². The standard InChI is InChI=1S/C14H23NO4/c16-13(11-6-3-7-12(11)14(17)18)15-8-9-19-10-4-1-2-5-10/h10-12H,1-9H2,(H,15,16)(H,17,18)/t11-,12+/m1/s1. The molecule has 0 aliphatic heterocycles. The van der Waals surface area contributed by atoms with Crippen molar-refractivity contribution in [3.63, 3.8) is 0 Å². The summed E-state index contributed by atoms with van der Waals surface area (Å²) in [6, 6.07) is 0. The lowest BCUT2D eigenvalue weighted by atomic mass is 9.95. The Morgan fingerprint density at radius 1 is 1.05 bits per heavy atom. The number of amides is 1. The molecule has 2 saturated carbocycles. The van der Waals surface area contributed by atoms with E-state index in [0.29, 0.717) is 32.1 Å². The quantitative estimate of drug-likeness (QED) is 0.718. The summed E-state index contributed by atoms with van der Waals surface area (Å²) in [7, 11) is 0. The summed E-state index contributed by atoms with van der Waals surface area (Å²) in [5, 5.41) is 11.8. The zero-order valence-electron chi connectivity index (χ0n) is 11.3. The molecule has 0 heterocycles. The van der Waals surface area contributed by atoms with E-state index in [1.54, 1.807) is 0 Å². The van der Waals surface area contributed by atoms with Gasteiger partial charge in [0.05, 0.1) is 24.5 Å². The fourth-order valence-electron chi connectivity index (χ4n) is 3.16. The predicted octanol–water partition coefficient (Wildman–Crippen LogP) is 1.56. The molecule has 2 aliphatic carbocycles. The summed E-state index contributed by atoms with van der Waals surface area (Å²) in [4.78, 5) is 22.9. The maximum Gasteiger partial charge on any atom is 0.307 e. The summed E-state index contributed by atoms with van der Waals surface area (Å²) < 4.78 is 5.66. The highest BCUT2D eigenvalue weighted by Gasteiger charge is 2.37. The highest BCUT2D eigenvalue weighted by atomic mass is 16.5. The second-order valence-corrected chi connectivity index (χ2v) is 5.55. The number of carbonyl (C=O) groups is 2. The highest BCUT2D eigenvalue weighted by molar-refractivity contribution is 5.85. The zero-order chi connectivity index (χ0) is 13.7. The smallest absolute Gasteiger partial charge is 0.307 e. The third-order valence-corrected chi connectivity index (χ3v) is 4.23. The first-order valence-electron chi connectivity index (χ1n) is 7.30. The Kier molecular flexibility index (Phi) is 5.19. The molecule has 0 unspecified atom stereocenters. The SMILES string of the molecule is O=C(O)[C@H]1CCC[C@H]1C(=O)NCCOC1CCCC1. The van der Waals surface area contributed by atoms with Crippen molar-refractivity contribution in [2.24, 2.45) is 11.8 Å². The van der Waals surface area contributed by atoms with Gasteiger partial charge in [-0.25, -0.2) is 0 Å². The van der Waals surface area contributed by atoms with E-state index in [4.69, 9.17) is 9.84 Å². The molecule has 0 aromatic rings. The Morgan fingerprint density at radius 2 is 1.74 bits per heavy atom. The zero-order valence-corrected chi connectivity index (χ0v) is 11.3. The summed E-state index contributed by atoms with van der Waals surface area (Å²) in [5.74, 6) is -1.83. The molecule has 0 aromatic carbocycles. The third-order valence-electron chi connectivity index (χ3n) is 4.23. The Hall–Kier alpha value is -1.10. The van der Waals surface area contributed by atoms with Crippen LogP contribution in [0.25, 0.3) is 0 Å². The molecule has 2 rings (SSSR count). The van der Waals surface area contributed by atoms with E-state index in [2.05, 4.69) is 5.32 Å². The lowest BCUT2D eigenvalue weighted by Gasteiger charge is -2.16. The molecule has 0 saturated heterocycles. The van der Waals surface area contributed by atoms with E-state index in [9.17, 15) is 9.59 Å². The number of ether oxygens (including phenoxy) is 1. The Bertz CT molecular complexity index is 325. The van der Waals surface area contributed by atoms with Gasteiger partial charge < -0.3 is 15.2 Å². The van der Waals surface area contributed by atoms with Crippen LogP contribution in [0, 0.1) is 11.8 Å². The van der Waals surface area contributed by atoms with Gasteiger partial charge in [0.1, 0.15) is 0 Å². The third kappa shape index (κ3) is 3.93. The minimum absolute atomic E-state index is 0.125. The molecule has 2 N–H and O–H groups in total. The van der Waals surface area contributed by atoms with E-state index < -0.39 is 11.9 Å². The van der Waals surface area contributed by atoms with Gasteiger partial charge in [0, 0.05) is 6.54 Å². The molecule has 0 radical (unpaired) electrons. The van der Waals surface area contributed by atoms with Gasteiger partial charge in [-0.2, -0.15) is 0 Å². The first-order chi connectivity index (χ1) is 9.18. The van der Waals surface area contributed by atoms with Crippen molar-refractivity contribution in [2.45, 2.75) is 51.0 Å². The fourth-order valence-corrected chi connectivity index (χ4v) is 3.16. The van der Waals surface area contributed by atoms with Crippen LogP contribution in [-0.4, -0.2) is 36.2 Å². The minimum atomic E-state index is -0.847. The van der Waals surface area contributed by atoms with E-state index in [-0.39, 0.29) is 11.8 Å². The van der Waals surface area contributed by atoms with Crippen LogP contribution < -0.4 is 5.32 Å². The van der Waals surface area contributed by atoms with Gasteiger partial charge >= 0.3 is 5.97 Å². The topological polar surface area (TPSA) is 75.6 Å². The molecule has 2 atom stereocenters. The van der Waals surface area contributed by atoms with Crippen molar-refractivity contribution in [1.29, 1.82) is 0 Å². The number of carboxylic acid groups (broad SMARTS) is 1. The number of carbonyl (C=O) groups excluding carboxylic acids is 1. The number of hydrogen-bond acceptors (Lipinski definition) is 3. The summed E-state index contributed by atoms with van der Waals surface area (Å²) >= 11 is 0. The lowest BCUT2D eigenvalue weighted by Crippen LogP contribution is -2.37. The van der Waals surface area contributed by atoms with E-state index in [1.165, 1.54) is 12.8 Å².